The molecule has 2 rings (SSSR count). The predicted octanol–water partition coefficient (Wildman–Crippen LogP) is 0.598. The lowest BCUT2D eigenvalue weighted by Crippen LogP contribution is -2.00. The van der Waals surface area contributed by atoms with Crippen LogP contribution in [0.4, 0.5) is 10.1 Å². The van der Waals surface area contributed by atoms with E-state index < -0.39 is 5.82 Å². The Bertz CT molecular complexity index is 465. The van der Waals surface area contributed by atoms with E-state index in [1.165, 1.54) is 16.9 Å². The SMILES string of the molecule is Cn1nncc1-c1ncc(F)cc1N. The van der Waals surface area contributed by atoms with Gasteiger partial charge in [-0.05, 0) is 0 Å². The summed E-state index contributed by atoms with van der Waals surface area (Å²) in [6.07, 6.45) is 2.63. The molecule has 0 radical (unpaired) electrons. The van der Waals surface area contributed by atoms with E-state index in [4.69, 9.17) is 5.73 Å². The number of nitrogen functional groups attached to an aromatic ring is 1. The monoisotopic (exact) mass is 193 g/mol. The lowest BCUT2D eigenvalue weighted by Gasteiger charge is -2.03. The number of pyridine rings is 1. The molecule has 2 aromatic heterocycles. The van der Waals surface area contributed by atoms with Crippen molar-refractivity contribution in [1.29, 1.82) is 0 Å². The molecule has 14 heavy (non-hydrogen) atoms. The van der Waals surface area contributed by atoms with Gasteiger partial charge in [-0.1, -0.05) is 5.21 Å². The standard InChI is InChI=1S/C8H8FN5/c1-14-7(4-12-13-14)8-6(10)2-5(9)3-11-8/h2-4H,10H2,1H3. The Kier molecular flexibility index (Phi) is 1.88. The molecule has 0 aliphatic heterocycles. The molecule has 0 amide bonds. The van der Waals surface area contributed by atoms with Crippen molar-refractivity contribution < 1.29 is 4.39 Å². The van der Waals surface area contributed by atoms with Crippen molar-refractivity contribution in [2.24, 2.45) is 7.05 Å². The van der Waals surface area contributed by atoms with Gasteiger partial charge in [-0.15, -0.1) is 5.10 Å². The predicted molar refractivity (Wildman–Crippen MR) is 48.6 cm³/mol. The minimum atomic E-state index is -0.457. The maximum absolute atomic E-state index is 12.7. The molecule has 0 atom stereocenters. The van der Waals surface area contributed by atoms with Gasteiger partial charge in [0.05, 0.1) is 18.1 Å². The highest BCUT2D eigenvalue weighted by Crippen LogP contribution is 2.21. The molecule has 72 valence electrons. The van der Waals surface area contributed by atoms with E-state index in [9.17, 15) is 4.39 Å². The van der Waals surface area contributed by atoms with E-state index in [1.807, 2.05) is 0 Å². The molecule has 6 heteroatoms. The van der Waals surface area contributed by atoms with Crippen LogP contribution in [0.5, 0.6) is 0 Å². The molecule has 0 saturated carbocycles. The van der Waals surface area contributed by atoms with Crippen LogP contribution in [-0.2, 0) is 7.05 Å². The first kappa shape index (κ1) is 8.61. The van der Waals surface area contributed by atoms with Crippen molar-refractivity contribution in [1.82, 2.24) is 20.0 Å². The van der Waals surface area contributed by atoms with Crippen LogP contribution in [0, 0.1) is 5.82 Å². The van der Waals surface area contributed by atoms with Crippen LogP contribution in [-0.4, -0.2) is 20.0 Å². The molecule has 2 aromatic rings. The third-order valence-corrected chi connectivity index (χ3v) is 1.84. The third kappa shape index (κ3) is 1.30. The van der Waals surface area contributed by atoms with Crippen LogP contribution in [0.25, 0.3) is 11.4 Å². The first-order valence-electron chi connectivity index (χ1n) is 3.94. The number of halogens is 1. The Labute approximate surface area is 79.4 Å². The zero-order valence-electron chi connectivity index (χ0n) is 7.48. The number of nitrogens with two attached hydrogens (primary N) is 1. The summed E-state index contributed by atoms with van der Waals surface area (Å²) < 4.78 is 14.2. The van der Waals surface area contributed by atoms with Gasteiger partial charge < -0.3 is 5.73 Å². The highest BCUT2D eigenvalue weighted by atomic mass is 19.1. The molecule has 2 heterocycles. The lowest BCUT2D eigenvalue weighted by molar-refractivity contribution is 0.622. The maximum Gasteiger partial charge on any atom is 0.143 e. The Balaban J connectivity index is 2.58. The second-order valence-corrected chi connectivity index (χ2v) is 2.83. The highest BCUT2D eigenvalue weighted by molar-refractivity contribution is 5.68. The number of aryl methyl sites for hydroxylation is 1. The Morgan fingerprint density at radius 3 is 2.79 bits per heavy atom. The van der Waals surface area contributed by atoms with Crippen LogP contribution >= 0.6 is 0 Å². The van der Waals surface area contributed by atoms with Gasteiger partial charge in [0.2, 0.25) is 0 Å². The van der Waals surface area contributed by atoms with Gasteiger partial charge in [-0.2, -0.15) is 0 Å². The summed E-state index contributed by atoms with van der Waals surface area (Å²) >= 11 is 0. The quantitative estimate of drug-likeness (QED) is 0.719. The number of aromatic nitrogens is 4. The zero-order valence-corrected chi connectivity index (χ0v) is 7.48. The summed E-state index contributed by atoms with van der Waals surface area (Å²) in [7, 11) is 1.72. The molecular weight excluding hydrogens is 185 g/mol. The van der Waals surface area contributed by atoms with E-state index in [0.29, 0.717) is 11.4 Å². The van der Waals surface area contributed by atoms with Gasteiger partial charge in [0.1, 0.15) is 17.2 Å². The number of nitrogens with zero attached hydrogens (tertiary/aromatic N) is 4. The second-order valence-electron chi connectivity index (χ2n) is 2.83. The van der Waals surface area contributed by atoms with Crippen molar-refractivity contribution in [3.8, 4) is 11.4 Å². The average Bonchev–Trinajstić information content (AvgIpc) is 2.52. The third-order valence-electron chi connectivity index (χ3n) is 1.84. The van der Waals surface area contributed by atoms with Crippen LogP contribution < -0.4 is 5.73 Å². The molecule has 0 unspecified atom stereocenters. The summed E-state index contributed by atoms with van der Waals surface area (Å²) in [4.78, 5) is 3.88. The summed E-state index contributed by atoms with van der Waals surface area (Å²) in [6, 6.07) is 1.22. The highest BCUT2D eigenvalue weighted by Gasteiger charge is 2.09. The average molecular weight is 193 g/mol. The van der Waals surface area contributed by atoms with Gasteiger partial charge in [-0.3, -0.25) is 0 Å². The van der Waals surface area contributed by atoms with Crippen LogP contribution in [0.15, 0.2) is 18.5 Å². The van der Waals surface area contributed by atoms with Crippen molar-refractivity contribution in [3.05, 3.63) is 24.3 Å². The summed E-state index contributed by atoms with van der Waals surface area (Å²) in [6.45, 7) is 0. The molecule has 2 N–H and O–H groups in total. The number of hydrogen-bond donors (Lipinski definition) is 1. The Morgan fingerprint density at radius 2 is 2.21 bits per heavy atom. The number of anilines is 1. The number of hydrogen-bond acceptors (Lipinski definition) is 4. The molecule has 0 spiro atoms. The summed E-state index contributed by atoms with van der Waals surface area (Å²) in [5.74, 6) is -0.457. The van der Waals surface area contributed by atoms with Crippen molar-refractivity contribution in [3.63, 3.8) is 0 Å². The van der Waals surface area contributed by atoms with Crippen molar-refractivity contribution in [2.75, 3.05) is 5.73 Å². The molecule has 0 aliphatic rings. The Morgan fingerprint density at radius 1 is 1.43 bits per heavy atom. The minimum Gasteiger partial charge on any atom is -0.397 e. The van der Waals surface area contributed by atoms with E-state index >= 15 is 0 Å². The zero-order chi connectivity index (χ0) is 10.1. The van der Waals surface area contributed by atoms with E-state index in [2.05, 4.69) is 15.3 Å². The van der Waals surface area contributed by atoms with Gasteiger partial charge in [0.25, 0.3) is 0 Å². The smallest absolute Gasteiger partial charge is 0.143 e. The summed E-state index contributed by atoms with van der Waals surface area (Å²) in [5, 5.41) is 7.42. The van der Waals surface area contributed by atoms with Gasteiger partial charge in [0, 0.05) is 13.1 Å². The summed E-state index contributed by atoms with van der Waals surface area (Å²) in [5.41, 5.74) is 7.02. The van der Waals surface area contributed by atoms with Crippen LogP contribution in [0.2, 0.25) is 0 Å². The van der Waals surface area contributed by atoms with Gasteiger partial charge >= 0.3 is 0 Å². The normalized spacial score (nSPS) is 10.4. The fraction of sp³-hybridized carbons (Fsp3) is 0.125. The van der Waals surface area contributed by atoms with Gasteiger partial charge in [0.15, 0.2) is 0 Å². The fourth-order valence-corrected chi connectivity index (χ4v) is 1.17. The number of rotatable bonds is 1. The van der Waals surface area contributed by atoms with E-state index in [1.54, 1.807) is 7.05 Å². The largest absolute Gasteiger partial charge is 0.397 e. The van der Waals surface area contributed by atoms with Crippen molar-refractivity contribution in [2.45, 2.75) is 0 Å². The molecule has 0 saturated heterocycles. The van der Waals surface area contributed by atoms with Gasteiger partial charge in [-0.25, -0.2) is 14.1 Å². The van der Waals surface area contributed by atoms with E-state index in [-0.39, 0.29) is 5.69 Å². The van der Waals surface area contributed by atoms with Crippen molar-refractivity contribution >= 4 is 5.69 Å². The molecule has 0 fully saturated rings. The second kappa shape index (κ2) is 3.06. The van der Waals surface area contributed by atoms with Crippen LogP contribution in [0.3, 0.4) is 0 Å². The maximum atomic E-state index is 12.7. The molecule has 5 nitrogen and oxygen atoms in total. The van der Waals surface area contributed by atoms with Crippen LogP contribution in [0.1, 0.15) is 0 Å². The van der Waals surface area contributed by atoms with E-state index in [0.717, 1.165) is 6.20 Å². The molecule has 0 bridgehead atoms. The molecular formula is C8H8FN5. The first-order valence-corrected chi connectivity index (χ1v) is 3.94. The minimum absolute atomic E-state index is 0.274. The fourth-order valence-electron chi connectivity index (χ4n) is 1.17. The lowest BCUT2D eigenvalue weighted by atomic mass is 10.2. The topological polar surface area (TPSA) is 69.6 Å². The molecule has 0 aliphatic carbocycles. The molecule has 0 aromatic carbocycles. The first-order chi connectivity index (χ1) is 6.68. The Hall–Kier alpha value is -1.98.